The average Bonchev–Trinajstić information content (AvgIpc) is 2.38. The maximum absolute atomic E-state index is 11.8. The highest BCUT2D eigenvalue weighted by Gasteiger charge is 2.29. The lowest BCUT2D eigenvalue weighted by molar-refractivity contribution is -0.144. The van der Waals surface area contributed by atoms with E-state index in [9.17, 15) is 9.59 Å². The second-order valence-electron chi connectivity index (χ2n) is 4.88. The van der Waals surface area contributed by atoms with E-state index in [-0.39, 0.29) is 17.7 Å². The van der Waals surface area contributed by atoms with Gasteiger partial charge in [0.2, 0.25) is 5.91 Å². The summed E-state index contributed by atoms with van der Waals surface area (Å²) in [6.45, 7) is 4.62. The zero-order valence-electron chi connectivity index (χ0n) is 11.1. The van der Waals surface area contributed by atoms with E-state index in [4.69, 9.17) is 5.11 Å². The molecule has 1 aliphatic carbocycles. The summed E-state index contributed by atoms with van der Waals surface area (Å²) in [6.07, 6.45) is 3.60. The normalized spacial score (nSPS) is 23.6. The molecular weight excluding hydrogens is 232 g/mol. The Hall–Kier alpha value is -1.10. The molecule has 0 unspecified atom stereocenters. The number of carbonyl (C=O) groups excluding carboxylic acids is 1. The van der Waals surface area contributed by atoms with Crippen molar-refractivity contribution in [1.82, 2.24) is 10.6 Å². The molecule has 0 radical (unpaired) electrons. The second kappa shape index (κ2) is 8.08. The number of hydrogen-bond acceptors (Lipinski definition) is 3. The Balaban J connectivity index is 2.14. The van der Waals surface area contributed by atoms with Crippen LogP contribution in [0.1, 0.15) is 39.0 Å². The van der Waals surface area contributed by atoms with Crippen LogP contribution in [-0.2, 0) is 9.59 Å². The molecule has 0 aromatic carbocycles. The predicted molar refractivity (Wildman–Crippen MR) is 69.3 cm³/mol. The first-order chi connectivity index (χ1) is 8.65. The first-order valence-electron chi connectivity index (χ1n) is 6.86. The molecule has 0 saturated heterocycles. The van der Waals surface area contributed by atoms with Crippen LogP contribution in [-0.4, -0.2) is 36.6 Å². The van der Waals surface area contributed by atoms with Gasteiger partial charge in [-0.1, -0.05) is 6.92 Å². The number of hydrogen-bond donors (Lipinski definition) is 3. The molecule has 0 bridgehead atoms. The van der Waals surface area contributed by atoms with Gasteiger partial charge in [-0.25, -0.2) is 0 Å². The van der Waals surface area contributed by atoms with Crippen LogP contribution in [0.15, 0.2) is 0 Å². The summed E-state index contributed by atoms with van der Waals surface area (Å²) in [5.74, 6) is -0.864. The highest BCUT2D eigenvalue weighted by atomic mass is 16.4. The lowest BCUT2D eigenvalue weighted by atomic mass is 9.81. The molecule has 1 saturated carbocycles. The standard InChI is InChI=1S/C13H24N2O3/c1-2-14-8-3-9-15-12(16)10-4-6-11(7-5-10)13(17)18/h10-11,14H,2-9H2,1H3,(H,15,16)(H,17,18). The molecule has 18 heavy (non-hydrogen) atoms. The van der Waals surface area contributed by atoms with Gasteiger partial charge in [0.1, 0.15) is 0 Å². The highest BCUT2D eigenvalue weighted by Crippen LogP contribution is 2.28. The van der Waals surface area contributed by atoms with Gasteiger partial charge >= 0.3 is 5.97 Å². The molecule has 5 heteroatoms. The van der Waals surface area contributed by atoms with E-state index in [0.717, 1.165) is 19.5 Å². The van der Waals surface area contributed by atoms with Gasteiger partial charge in [0.05, 0.1) is 5.92 Å². The Morgan fingerprint density at radius 1 is 1.11 bits per heavy atom. The molecule has 0 atom stereocenters. The van der Waals surface area contributed by atoms with E-state index >= 15 is 0 Å². The van der Waals surface area contributed by atoms with Crippen molar-refractivity contribution in [2.45, 2.75) is 39.0 Å². The van der Waals surface area contributed by atoms with Crippen molar-refractivity contribution in [1.29, 1.82) is 0 Å². The molecule has 5 nitrogen and oxygen atoms in total. The summed E-state index contributed by atoms with van der Waals surface area (Å²) in [7, 11) is 0. The third-order valence-corrected chi connectivity index (χ3v) is 3.53. The first-order valence-corrected chi connectivity index (χ1v) is 6.86. The van der Waals surface area contributed by atoms with Crippen LogP contribution in [0.2, 0.25) is 0 Å². The number of carboxylic acids is 1. The fourth-order valence-corrected chi connectivity index (χ4v) is 2.35. The van der Waals surface area contributed by atoms with E-state index in [1.165, 1.54) is 0 Å². The Morgan fingerprint density at radius 2 is 1.72 bits per heavy atom. The molecule has 3 N–H and O–H groups in total. The zero-order valence-corrected chi connectivity index (χ0v) is 11.1. The number of amides is 1. The Kier molecular flexibility index (Phi) is 6.72. The molecule has 1 rings (SSSR count). The van der Waals surface area contributed by atoms with Gasteiger partial charge in [-0.3, -0.25) is 9.59 Å². The summed E-state index contributed by atoms with van der Waals surface area (Å²) >= 11 is 0. The number of aliphatic carboxylic acids is 1. The molecule has 0 heterocycles. The van der Waals surface area contributed by atoms with Gasteiger partial charge < -0.3 is 15.7 Å². The van der Waals surface area contributed by atoms with Crippen LogP contribution in [0.4, 0.5) is 0 Å². The fraction of sp³-hybridized carbons (Fsp3) is 0.846. The van der Waals surface area contributed by atoms with Gasteiger partial charge in [-0.2, -0.15) is 0 Å². The van der Waals surface area contributed by atoms with Crippen molar-refractivity contribution >= 4 is 11.9 Å². The molecule has 0 aromatic rings. The van der Waals surface area contributed by atoms with Gasteiger partial charge in [0.15, 0.2) is 0 Å². The van der Waals surface area contributed by atoms with E-state index in [1.54, 1.807) is 0 Å². The Labute approximate surface area is 108 Å². The minimum absolute atomic E-state index is 0.0136. The molecule has 104 valence electrons. The number of rotatable bonds is 7. The zero-order chi connectivity index (χ0) is 13.4. The molecule has 1 amide bonds. The minimum Gasteiger partial charge on any atom is -0.481 e. The number of carboxylic acid groups (broad SMARTS) is 1. The van der Waals surface area contributed by atoms with Crippen LogP contribution in [0.5, 0.6) is 0 Å². The Morgan fingerprint density at radius 3 is 2.28 bits per heavy atom. The van der Waals surface area contributed by atoms with Crippen molar-refractivity contribution in [3.63, 3.8) is 0 Å². The van der Waals surface area contributed by atoms with E-state index in [2.05, 4.69) is 17.6 Å². The maximum atomic E-state index is 11.8. The molecule has 1 aliphatic rings. The summed E-state index contributed by atoms with van der Waals surface area (Å²) in [5, 5.41) is 15.0. The van der Waals surface area contributed by atoms with Crippen molar-refractivity contribution in [2.24, 2.45) is 11.8 Å². The third-order valence-electron chi connectivity index (χ3n) is 3.53. The summed E-state index contributed by atoms with van der Waals surface area (Å²) in [6, 6.07) is 0. The molecule has 0 spiro atoms. The molecule has 0 aromatic heterocycles. The van der Waals surface area contributed by atoms with Crippen LogP contribution in [0.3, 0.4) is 0 Å². The van der Waals surface area contributed by atoms with Crippen molar-refractivity contribution in [2.75, 3.05) is 19.6 Å². The molecule has 0 aliphatic heterocycles. The van der Waals surface area contributed by atoms with Crippen LogP contribution in [0, 0.1) is 11.8 Å². The third kappa shape index (κ3) is 5.04. The quantitative estimate of drug-likeness (QED) is 0.594. The fourth-order valence-electron chi connectivity index (χ4n) is 2.35. The highest BCUT2D eigenvalue weighted by molar-refractivity contribution is 5.79. The maximum Gasteiger partial charge on any atom is 0.306 e. The van der Waals surface area contributed by atoms with E-state index in [1.807, 2.05) is 0 Å². The molecule has 1 fully saturated rings. The number of carbonyl (C=O) groups is 2. The van der Waals surface area contributed by atoms with Crippen molar-refractivity contribution < 1.29 is 14.7 Å². The van der Waals surface area contributed by atoms with Gasteiger partial charge in [0, 0.05) is 12.5 Å². The summed E-state index contributed by atoms with van der Waals surface area (Å²) < 4.78 is 0. The van der Waals surface area contributed by atoms with Gasteiger partial charge in [0.25, 0.3) is 0 Å². The van der Waals surface area contributed by atoms with Crippen molar-refractivity contribution in [3.05, 3.63) is 0 Å². The largest absolute Gasteiger partial charge is 0.481 e. The van der Waals surface area contributed by atoms with Crippen LogP contribution in [0.25, 0.3) is 0 Å². The smallest absolute Gasteiger partial charge is 0.306 e. The summed E-state index contributed by atoms with van der Waals surface area (Å²) in [4.78, 5) is 22.6. The lowest BCUT2D eigenvalue weighted by Crippen LogP contribution is -2.35. The lowest BCUT2D eigenvalue weighted by Gasteiger charge is -2.25. The van der Waals surface area contributed by atoms with E-state index in [0.29, 0.717) is 32.2 Å². The van der Waals surface area contributed by atoms with Crippen LogP contribution < -0.4 is 10.6 Å². The topological polar surface area (TPSA) is 78.4 Å². The van der Waals surface area contributed by atoms with Crippen molar-refractivity contribution in [3.8, 4) is 0 Å². The first kappa shape index (κ1) is 15.0. The summed E-state index contributed by atoms with van der Waals surface area (Å²) in [5.41, 5.74) is 0. The minimum atomic E-state index is -0.723. The molecular formula is C13H24N2O3. The number of nitrogens with one attached hydrogen (secondary N) is 2. The van der Waals surface area contributed by atoms with Gasteiger partial charge in [-0.05, 0) is 45.2 Å². The monoisotopic (exact) mass is 256 g/mol. The van der Waals surface area contributed by atoms with Crippen LogP contribution >= 0.6 is 0 Å². The second-order valence-corrected chi connectivity index (χ2v) is 4.88. The predicted octanol–water partition coefficient (Wildman–Crippen LogP) is 0.993. The SMILES string of the molecule is CCNCCCNC(=O)C1CCC(C(=O)O)CC1. The van der Waals surface area contributed by atoms with E-state index < -0.39 is 5.97 Å². The van der Waals surface area contributed by atoms with Gasteiger partial charge in [-0.15, -0.1) is 0 Å². The average molecular weight is 256 g/mol. The Bertz CT molecular complexity index is 273.